The highest BCUT2D eigenvalue weighted by Crippen LogP contribution is 2.29. The summed E-state index contributed by atoms with van der Waals surface area (Å²) in [6, 6.07) is 1.48. The van der Waals surface area contributed by atoms with E-state index in [1.165, 1.54) is 25.9 Å². The molecule has 2 nitrogen and oxygen atoms in total. The van der Waals surface area contributed by atoms with E-state index in [2.05, 4.69) is 31.0 Å². The van der Waals surface area contributed by atoms with Crippen LogP contribution in [0.25, 0.3) is 0 Å². The van der Waals surface area contributed by atoms with Crippen LogP contribution in [0.2, 0.25) is 0 Å². The molecule has 70 valence electrons. The third kappa shape index (κ3) is 1.38. The molecule has 0 aromatic heterocycles. The molecule has 0 amide bonds. The Morgan fingerprint density at radius 1 is 1.50 bits per heavy atom. The Morgan fingerprint density at radius 2 is 2.25 bits per heavy atom. The summed E-state index contributed by atoms with van der Waals surface area (Å²) >= 11 is 0. The van der Waals surface area contributed by atoms with Crippen LogP contribution < -0.4 is 5.32 Å². The maximum absolute atomic E-state index is 3.71. The predicted octanol–water partition coefficient (Wildman–Crippen LogP) is 1.22. The van der Waals surface area contributed by atoms with Gasteiger partial charge in [0.25, 0.3) is 0 Å². The second-order valence-corrected chi connectivity index (χ2v) is 4.96. The molecule has 1 N–H and O–H groups in total. The average Bonchev–Trinajstić information content (AvgIpc) is 2.25. The van der Waals surface area contributed by atoms with Gasteiger partial charge in [0, 0.05) is 30.7 Å². The molecule has 0 radical (unpaired) electrons. The average molecular weight is 168 g/mol. The quantitative estimate of drug-likeness (QED) is 0.633. The van der Waals surface area contributed by atoms with Gasteiger partial charge in [-0.15, -0.1) is 0 Å². The number of fused-ring (bicyclic) bond motifs is 2. The van der Waals surface area contributed by atoms with E-state index in [4.69, 9.17) is 0 Å². The summed E-state index contributed by atoms with van der Waals surface area (Å²) in [6.07, 6.45) is 2.74. The van der Waals surface area contributed by atoms with Gasteiger partial charge in [0.2, 0.25) is 0 Å². The van der Waals surface area contributed by atoms with Crippen molar-refractivity contribution in [3.05, 3.63) is 0 Å². The van der Waals surface area contributed by atoms with E-state index in [1.54, 1.807) is 0 Å². The van der Waals surface area contributed by atoms with Crippen LogP contribution in [-0.2, 0) is 0 Å². The predicted molar refractivity (Wildman–Crippen MR) is 51.3 cm³/mol. The Hall–Kier alpha value is -0.0800. The first-order valence-electron chi connectivity index (χ1n) is 5.11. The molecular weight excluding hydrogens is 148 g/mol. The minimum Gasteiger partial charge on any atom is -0.306 e. The second kappa shape index (κ2) is 2.71. The Morgan fingerprint density at radius 3 is 2.83 bits per heavy atom. The molecule has 2 aliphatic rings. The van der Waals surface area contributed by atoms with E-state index in [0.29, 0.717) is 11.6 Å². The van der Waals surface area contributed by atoms with E-state index in [-0.39, 0.29) is 0 Å². The van der Waals surface area contributed by atoms with Crippen LogP contribution in [0.3, 0.4) is 0 Å². The van der Waals surface area contributed by atoms with Crippen LogP contribution in [0.5, 0.6) is 0 Å². The van der Waals surface area contributed by atoms with E-state index in [0.717, 1.165) is 6.04 Å². The Balaban J connectivity index is 2.06. The van der Waals surface area contributed by atoms with Gasteiger partial charge < -0.3 is 5.32 Å². The van der Waals surface area contributed by atoms with E-state index < -0.39 is 0 Å². The molecule has 2 heteroatoms. The van der Waals surface area contributed by atoms with Crippen molar-refractivity contribution < 1.29 is 0 Å². The maximum atomic E-state index is 3.71. The molecule has 2 aliphatic heterocycles. The number of nitrogens with one attached hydrogen (secondary N) is 1. The summed E-state index contributed by atoms with van der Waals surface area (Å²) in [7, 11) is 0. The fourth-order valence-electron chi connectivity index (χ4n) is 2.58. The summed E-state index contributed by atoms with van der Waals surface area (Å²) in [5.41, 5.74) is 0.424. The Labute approximate surface area is 75.3 Å². The summed E-state index contributed by atoms with van der Waals surface area (Å²) < 4.78 is 0. The van der Waals surface area contributed by atoms with Gasteiger partial charge in [0.1, 0.15) is 0 Å². The van der Waals surface area contributed by atoms with Crippen molar-refractivity contribution >= 4 is 0 Å². The standard InChI is InChI=1S/C10H20N2/c1-8(2)12-6-9-4-5-10(3,7-12)11-9/h8-9,11H,4-7H2,1-3H3/t9-,10-/m1/s1. The zero-order chi connectivity index (χ0) is 8.77. The lowest BCUT2D eigenvalue weighted by Gasteiger charge is -2.41. The molecule has 12 heavy (non-hydrogen) atoms. The van der Waals surface area contributed by atoms with Gasteiger partial charge in [-0.1, -0.05) is 0 Å². The second-order valence-electron chi connectivity index (χ2n) is 4.96. The molecule has 2 saturated heterocycles. The fourth-order valence-corrected chi connectivity index (χ4v) is 2.58. The van der Waals surface area contributed by atoms with Gasteiger partial charge in [-0.2, -0.15) is 0 Å². The number of hydrogen-bond acceptors (Lipinski definition) is 2. The number of rotatable bonds is 1. The number of hydrogen-bond donors (Lipinski definition) is 1. The normalized spacial score (nSPS) is 42.5. The Kier molecular flexibility index (Phi) is 1.92. The van der Waals surface area contributed by atoms with E-state index in [9.17, 15) is 0 Å². The largest absolute Gasteiger partial charge is 0.306 e. The molecular formula is C10H20N2. The van der Waals surface area contributed by atoms with E-state index in [1.807, 2.05) is 0 Å². The smallest absolute Gasteiger partial charge is 0.0284 e. The molecule has 0 aromatic rings. The third-order valence-electron chi connectivity index (χ3n) is 3.33. The molecule has 2 heterocycles. The van der Waals surface area contributed by atoms with Crippen LogP contribution in [0.1, 0.15) is 33.6 Å². The van der Waals surface area contributed by atoms with Gasteiger partial charge in [-0.25, -0.2) is 0 Å². The van der Waals surface area contributed by atoms with Gasteiger partial charge in [-0.3, -0.25) is 4.90 Å². The lowest BCUT2D eigenvalue weighted by Crippen LogP contribution is -2.59. The first kappa shape index (κ1) is 8.52. The highest BCUT2D eigenvalue weighted by atomic mass is 15.3. The van der Waals surface area contributed by atoms with Crippen molar-refractivity contribution in [3.8, 4) is 0 Å². The first-order valence-corrected chi connectivity index (χ1v) is 5.11. The van der Waals surface area contributed by atoms with Gasteiger partial charge >= 0.3 is 0 Å². The minimum absolute atomic E-state index is 0.424. The summed E-state index contributed by atoms with van der Waals surface area (Å²) in [6.45, 7) is 9.46. The fraction of sp³-hybridized carbons (Fsp3) is 1.00. The molecule has 2 fully saturated rings. The number of piperazine rings is 1. The zero-order valence-corrected chi connectivity index (χ0v) is 8.43. The van der Waals surface area contributed by atoms with E-state index >= 15 is 0 Å². The lowest BCUT2D eigenvalue weighted by molar-refractivity contribution is 0.119. The zero-order valence-electron chi connectivity index (χ0n) is 8.43. The molecule has 0 aromatic carbocycles. The van der Waals surface area contributed by atoms with Gasteiger partial charge in [0.05, 0.1) is 0 Å². The van der Waals surface area contributed by atoms with Gasteiger partial charge in [0.15, 0.2) is 0 Å². The Bertz CT molecular complexity index is 179. The molecule has 0 unspecified atom stereocenters. The van der Waals surface area contributed by atoms with Crippen LogP contribution in [-0.4, -0.2) is 35.6 Å². The highest BCUT2D eigenvalue weighted by molar-refractivity contribution is 5.02. The molecule has 0 aliphatic carbocycles. The summed E-state index contributed by atoms with van der Waals surface area (Å²) in [5.74, 6) is 0. The SMILES string of the molecule is CC(C)N1C[C@H]2CC[C@](C)(C1)N2. The van der Waals surface area contributed by atoms with Crippen molar-refractivity contribution in [1.29, 1.82) is 0 Å². The third-order valence-corrected chi connectivity index (χ3v) is 3.33. The van der Waals surface area contributed by atoms with Crippen LogP contribution in [0.15, 0.2) is 0 Å². The van der Waals surface area contributed by atoms with Crippen molar-refractivity contribution in [2.45, 2.75) is 51.2 Å². The minimum atomic E-state index is 0.424. The summed E-state index contributed by atoms with van der Waals surface area (Å²) in [4.78, 5) is 2.61. The molecule has 2 bridgehead atoms. The van der Waals surface area contributed by atoms with Crippen LogP contribution in [0, 0.1) is 0 Å². The lowest BCUT2D eigenvalue weighted by atomic mass is 9.99. The first-order chi connectivity index (χ1) is 5.59. The monoisotopic (exact) mass is 168 g/mol. The van der Waals surface area contributed by atoms with Crippen molar-refractivity contribution in [2.75, 3.05) is 13.1 Å². The van der Waals surface area contributed by atoms with Crippen molar-refractivity contribution in [2.24, 2.45) is 0 Å². The maximum Gasteiger partial charge on any atom is 0.0284 e. The highest BCUT2D eigenvalue weighted by Gasteiger charge is 2.41. The molecule has 0 saturated carbocycles. The molecule has 2 rings (SSSR count). The summed E-state index contributed by atoms with van der Waals surface area (Å²) in [5, 5.41) is 3.71. The number of likely N-dealkylation sites (tertiary alicyclic amines) is 1. The van der Waals surface area contributed by atoms with Crippen molar-refractivity contribution in [3.63, 3.8) is 0 Å². The number of nitrogens with zero attached hydrogens (tertiary/aromatic N) is 1. The van der Waals surface area contributed by atoms with Crippen LogP contribution >= 0.6 is 0 Å². The van der Waals surface area contributed by atoms with Crippen molar-refractivity contribution in [1.82, 2.24) is 10.2 Å². The molecule has 0 spiro atoms. The van der Waals surface area contributed by atoms with Crippen LogP contribution in [0.4, 0.5) is 0 Å². The molecule has 2 atom stereocenters. The van der Waals surface area contributed by atoms with Gasteiger partial charge in [-0.05, 0) is 33.6 Å². The topological polar surface area (TPSA) is 15.3 Å².